The summed E-state index contributed by atoms with van der Waals surface area (Å²) in [5.74, 6) is -0.205. The number of amides is 1. The van der Waals surface area contributed by atoms with E-state index in [1.165, 1.54) is 6.34 Å². The fourth-order valence-corrected chi connectivity index (χ4v) is 2.27. The number of nitrogens with one attached hydrogen (secondary N) is 2. The van der Waals surface area contributed by atoms with E-state index in [4.69, 9.17) is 10.5 Å². The molecule has 1 aliphatic rings. The maximum absolute atomic E-state index is 12.8. The maximum Gasteiger partial charge on any atom is 0.273 e. The van der Waals surface area contributed by atoms with Crippen molar-refractivity contribution in [2.45, 2.75) is 0 Å². The number of aromatic nitrogens is 3. The summed E-state index contributed by atoms with van der Waals surface area (Å²) in [6, 6.07) is 3.39. The Morgan fingerprint density at radius 1 is 1.14 bits per heavy atom. The zero-order valence-corrected chi connectivity index (χ0v) is 15.1. The van der Waals surface area contributed by atoms with Gasteiger partial charge in [0, 0.05) is 36.0 Å². The van der Waals surface area contributed by atoms with E-state index < -0.39 is 0 Å². The number of anilines is 2. The van der Waals surface area contributed by atoms with Crippen LogP contribution in [0.1, 0.15) is 5.56 Å². The number of hydrogen-bond donors (Lipinski definition) is 3. The predicted octanol–water partition coefficient (Wildman–Crippen LogP) is 0.522. The zero-order chi connectivity index (χ0) is 19.6. The van der Waals surface area contributed by atoms with Crippen molar-refractivity contribution in [2.24, 2.45) is 9.98 Å². The molecule has 2 aromatic heterocycles. The molecule has 1 aliphatic heterocycles. The van der Waals surface area contributed by atoms with Gasteiger partial charge in [0.15, 0.2) is 0 Å². The second kappa shape index (κ2) is 9.88. The Morgan fingerprint density at radius 3 is 2.68 bits per heavy atom. The van der Waals surface area contributed by atoms with Crippen molar-refractivity contribution < 1.29 is 9.53 Å². The highest BCUT2D eigenvalue weighted by atomic mass is 16.5. The molecule has 0 fully saturated rings. The van der Waals surface area contributed by atoms with Gasteiger partial charge in [-0.15, -0.1) is 0 Å². The van der Waals surface area contributed by atoms with Crippen molar-refractivity contribution in [3.05, 3.63) is 48.6 Å². The van der Waals surface area contributed by atoms with Gasteiger partial charge in [0.2, 0.25) is 5.95 Å². The molecule has 0 saturated carbocycles. The second-order valence-electron chi connectivity index (χ2n) is 5.64. The zero-order valence-electron chi connectivity index (χ0n) is 15.1. The van der Waals surface area contributed by atoms with E-state index in [9.17, 15) is 4.79 Å². The van der Waals surface area contributed by atoms with Gasteiger partial charge in [-0.25, -0.2) is 9.97 Å². The van der Waals surface area contributed by atoms with Crippen LogP contribution in [0.5, 0.6) is 0 Å². The second-order valence-corrected chi connectivity index (χ2v) is 5.64. The van der Waals surface area contributed by atoms with Crippen molar-refractivity contribution in [2.75, 3.05) is 37.4 Å². The van der Waals surface area contributed by atoms with Gasteiger partial charge in [-0.05, 0) is 18.2 Å². The molecule has 0 unspecified atom stereocenters. The minimum atomic E-state index is -0.365. The molecule has 0 bridgehead atoms. The summed E-state index contributed by atoms with van der Waals surface area (Å²) in [4.78, 5) is 33.3. The molecule has 2 aromatic rings. The molecule has 0 saturated heterocycles. The number of aliphatic imine (C=N–C) groups is 2. The Kier molecular flexibility index (Phi) is 6.74. The fourth-order valence-electron chi connectivity index (χ4n) is 2.27. The predicted molar refractivity (Wildman–Crippen MR) is 107 cm³/mol. The van der Waals surface area contributed by atoms with Crippen LogP contribution in [0.25, 0.3) is 5.70 Å². The largest absolute Gasteiger partial charge is 0.378 e. The molecule has 10 heteroatoms. The van der Waals surface area contributed by atoms with E-state index in [1.54, 1.807) is 43.0 Å². The maximum atomic E-state index is 12.8. The molecule has 0 spiro atoms. The lowest BCUT2D eigenvalue weighted by Gasteiger charge is -2.11. The molecular weight excluding hydrogens is 360 g/mol. The smallest absolute Gasteiger partial charge is 0.273 e. The van der Waals surface area contributed by atoms with Crippen LogP contribution in [0, 0.1) is 0 Å². The summed E-state index contributed by atoms with van der Waals surface area (Å²) < 4.78 is 5.43. The van der Waals surface area contributed by atoms with E-state index in [0.29, 0.717) is 43.3 Å². The number of rotatable bonds is 3. The molecule has 28 heavy (non-hydrogen) atoms. The molecule has 0 aromatic carbocycles. The number of nitrogens with two attached hydrogens (primary N) is 1. The van der Waals surface area contributed by atoms with E-state index in [0.717, 1.165) is 0 Å². The minimum Gasteiger partial charge on any atom is -0.378 e. The van der Waals surface area contributed by atoms with Gasteiger partial charge in [-0.3, -0.25) is 19.8 Å². The number of carbonyl (C=O) groups is 1. The van der Waals surface area contributed by atoms with Crippen molar-refractivity contribution in [3.63, 3.8) is 0 Å². The summed E-state index contributed by atoms with van der Waals surface area (Å²) in [5.41, 5.74) is 7.60. The number of pyridine rings is 1. The van der Waals surface area contributed by atoms with Gasteiger partial charge in [-0.2, -0.15) is 0 Å². The van der Waals surface area contributed by atoms with Gasteiger partial charge in [0.25, 0.3) is 5.91 Å². The Balaban J connectivity index is 1.92. The lowest BCUT2D eigenvalue weighted by molar-refractivity contribution is -0.110. The van der Waals surface area contributed by atoms with Crippen LogP contribution in [-0.4, -0.2) is 59.2 Å². The van der Waals surface area contributed by atoms with Crippen LogP contribution in [0.3, 0.4) is 0 Å². The van der Waals surface area contributed by atoms with E-state index in [1.807, 2.05) is 0 Å². The molecule has 3 rings (SSSR count). The highest BCUT2D eigenvalue weighted by molar-refractivity contribution is 6.48. The van der Waals surface area contributed by atoms with Gasteiger partial charge >= 0.3 is 0 Å². The molecule has 0 atom stereocenters. The molecule has 4 N–H and O–H groups in total. The topological polar surface area (TPSA) is 140 Å². The van der Waals surface area contributed by atoms with Crippen LogP contribution < -0.4 is 16.4 Å². The highest BCUT2D eigenvalue weighted by Crippen LogP contribution is 2.11. The average molecular weight is 380 g/mol. The molecule has 0 radical (unpaired) electrons. The van der Waals surface area contributed by atoms with Gasteiger partial charge in [-0.1, -0.05) is 0 Å². The molecule has 10 nitrogen and oxygen atoms in total. The van der Waals surface area contributed by atoms with Gasteiger partial charge < -0.3 is 21.1 Å². The molecule has 3 heterocycles. The average Bonchev–Trinajstić information content (AvgIpc) is 2.70. The quantitative estimate of drug-likeness (QED) is 0.705. The van der Waals surface area contributed by atoms with Crippen LogP contribution in [0.4, 0.5) is 11.6 Å². The van der Waals surface area contributed by atoms with Crippen molar-refractivity contribution in [1.82, 2.24) is 20.3 Å². The Bertz CT molecular complexity index is 878. The van der Waals surface area contributed by atoms with E-state index in [-0.39, 0.29) is 17.6 Å². The number of carbonyl (C=O) groups excluding carboxylic acids is 1. The van der Waals surface area contributed by atoms with Crippen molar-refractivity contribution in [1.29, 1.82) is 0 Å². The molecule has 144 valence electrons. The van der Waals surface area contributed by atoms with Crippen LogP contribution in [0.2, 0.25) is 0 Å². The van der Waals surface area contributed by atoms with Crippen molar-refractivity contribution >= 4 is 35.3 Å². The lowest BCUT2D eigenvalue weighted by Crippen LogP contribution is -2.24. The van der Waals surface area contributed by atoms with Crippen LogP contribution >= 0.6 is 0 Å². The van der Waals surface area contributed by atoms with Gasteiger partial charge in [0.1, 0.15) is 5.71 Å². The van der Waals surface area contributed by atoms with Crippen LogP contribution in [-0.2, 0) is 9.53 Å². The fraction of sp³-hybridized carbons (Fsp3) is 0.222. The summed E-state index contributed by atoms with van der Waals surface area (Å²) >= 11 is 0. The SMILES string of the molecule is Nc1ncc(/C2=C/C(C(=O)Nc3ccncc3)=NCCOCCN=CN2)cn1. The number of ether oxygens (including phenoxy) is 1. The Morgan fingerprint density at radius 2 is 1.89 bits per heavy atom. The summed E-state index contributed by atoms with van der Waals surface area (Å²) in [6.45, 7) is 1.71. The van der Waals surface area contributed by atoms with Crippen molar-refractivity contribution in [3.8, 4) is 0 Å². The number of nitrogen functional groups attached to an aromatic ring is 1. The third-order valence-corrected chi connectivity index (χ3v) is 3.63. The van der Waals surface area contributed by atoms with E-state index in [2.05, 4.69) is 35.6 Å². The third kappa shape index (κ3) is 5.68. The first-order valence-electron chi connectivity index (χ1n) is 8.60. The first kappa shape index (κ1) is 19.1. The summed E-state index contributed by atoms with van der Waals surface area (Å²) in [5, 5.41) is 5.84. The summed E-state index contributed by atoms with van der Waals surface area (Å²) in [7, 11) is 0. The Labute approximate surface area is 161 Å². The lowest BCUT2D eigenvalue weighted by atomic mass is 10.2. The first-order valence-corrected chi connectivity index (χ1v) is 8.60. The molecular formula is C18H20N8O2. The van der Waals surface area contributed by atoms with Crippen LogP contribution in [0.15, 0.2) is 53.0 Å². The molecule has 1 amide bonds. The first-order chi connectivity index (χ1) is 13.7. The minimum absolute atomic E-state index is 0.160. The molecule has 0 aliphatic carbocycles. The normalized spacial score (nSPS) is 17.1. The Hall–Kier alpha value is -3.66. The summed E-state index contributed by atoms with van der Waals surface area (Å²) in [6.07, 6.45) is 9.45. The standard InChI is InChI=1S/C18H20N8O2/c19-18-23-10-13(11-24-18)15-9-16(17(27)26-14-1-3-20-4-2-14)22-6-8-28-7-5-21-12-25-15/h1-4,9-12H,5-8H2,(H,21,25)(H2,19,23,24)(H,20,26,27)/b15-9-,22-16?. The number of hydrogen-bond acceptors (Lipinski definition) is 9. The third-order valence-electron chi connectivity index (χ3n) is 3.63. The highest BCUT2D eigenvalue weighted by Gasteiger charge is 2.13. The van der Waals surface area contributed by atoms with E-state index >= 15 is 0 Å². The monoisotopic (exact) mass is 380 g/mol. The van der Waals surface area contributed by atoms with Gasteiger partial charge in [0.05, 0.1) is 38.3 Å². The number of nitrogens with zero attached hydrogens (tertiary/aromatic N) is 5.